The van der Waals surface area contributed by atoms with Gasteiger partial charge < -0.3 is 10.2 Å². The molecule has 0 spiro atoms. The summed E-state index contributed by atoms with van der Waals surface area (Å²) in [6, 6.07) is 3.74. The van der Waals surface area contributed by atoms with Gasteiger partial charge in [0.05, 0.1) is 0 Å². The molecule has 0 saturated heterocycles. The number of hydrogen-bond acceptors (Lipinski definition) is 2. The van der Waals surface area contributed by atoms with Crippen molar-refractivity contribution in [3.8, 4) is 11.5 Å². The van der Waals surface area contributed by atoms with Crippen molar-refractivity contribution in [3.05, 3.63) is 23.3 Å². The lowest BCUT2D eigenvalue weighted by Crippen LogP contribution is -1.91. The van der Waals surface area contributed by atoms with Gasteiger partial charge in [-0.25, -0.2) is 0 Å². The molecule has 1 aromatic rings. The largest absolute Gasteiger partial charge is 0.504 e. The smallest absolute Gasteiger partial charge is 0.161 e. The summed E-state index contributed by atoms with van der Waals surface area (Å²) in [5.74, 6) is 0.305. The minimum Gasteiger partial charge on any atom is -0.504 e. The molecule has 72 valence electrons. The highest BCUT2D eigenvalue weighted by Gasteiger charge is 2.12. The lowest BCUT2D eigenvalue weighted by Gasteiger charge is -2.11. The van der Waals surface area contributed by atoms with E-state index in [0.29, 0.717) is 0 Å². The minimum absolute atomic E-state index is 0.0358. The zero-order chi connectivity index (χ0) is 10.0. The Morgan fingerprint density at radius 3 is 2.23 bits per heavy atom. The van der Waals surface area contributed by atoms with Crippen LogP contribution < -0.4 is 0 Å². The lowest BCUT2D eigenvalue weighted by molar-refractivity contribution is 0.393. The monoisotopic (exact) mass is 180 g/mol. The van der Waals surface area contributed by atoms with Crippen molar-refractivity contribution in [2.45, 2.75) is 33.1 Å². The third-order valence-corrected chi connectivity index (χ3v) is 2.27. The summed E-state index contributed by atoms with van der Waals surface area (Å²) in [4.78, 5) is 0. The minimum atomic E-state index is 0.0358. The average Bonchev–Trinajstić information content (AvgIpc) is 2.09. The molecule has 2 N–H and O–H groups in total. The van der Waals surface area contributed by atoms with E-state index in [1.807, 2.05) is 32.9 Å². The van der Waals surface area contributed by atoms with Crippen LogP contribution in [0, 0.1) is 0 Å². The van der Waals surface area contributed by atoms with Crippen molar-refractivity contribution in [2.75, 3.05) is 0 Å². The first-order valence-corrected chi connectivity index (χ1v) is 4.61. The molecular formula is C11H16O2. The van der Waals surface area contributed by atoms with Gasteiger partial charge in [-0.3, -0.25) is 0 Å². The van der Waals surface area contributed by atoms with E-state index < -0.39 is 0 Å². The molecule has 1 rings (SSSR count). The van der Waals surface area contributed by atoms with Gasteiger partial charge in [-0.15, -0.1) is 0 Å². The molecule has 13 heavy (non-hydrogen) atoms. The Kier molecular flexibility index (Phi) is 2.81. The van der Waals surface area contributed by atoms with Crippen LogP contribution in [0.1, 0.15) is 37.8 Å². The molecule has 0 radical (unpaired) electrons. The summed E-state index contributed by atoms with van der Waals surface area (Å²) in [6.07, 6.45) is 0.734. The summed E-state index contributed by atoms with van der Waals surface area (Å²) in [6.45, 7) is 5.92. The van der Waals surface area contributed by atoms with E-state index in [4.69, 9.17) is 0 Å². The zero-order valence-electron chi connectivity index (χ0n) is 8.33. The van der Waals surface area contributed by atoms with Gasteiger partial charge in [0.15, 0.2) is 11.5 Å². The fourth-order valence-corrected chi connectivity index (χ4v) is 1.39. The van der Waals surface area contributed by atoms with Crippen LogP contribution in [-0.2, 0) is 6.42 Å². The van der Waals surface area contributed by atoms with Crippen LogP contribution in [0.25, 0.3) is 0 Å². The summed E-state index contributed by atoms with van der Waals surface area (Å²) < 4.78 is 0. The van der Waals surface area contributed by atoms with E-state index in [-0.39, 0.29) is 17.4 Å². The van der Waals surface area contributed by atoms with E-state index in [2.05, 4.69) is 0 Å². The first-order valence-electron chi connectivity index (χ1n) is 4.61. The molecule has 2 heteroatoms. The molecule has 0 fully saturated rings. The third kappa shape index (κ3) is 1.77. The predicted octanol–water partition coefficient (Wildman–Crippen LogP) is 2.78. The van der Waals surface area contributed by atoms with Crippen LogP contribution in [-0.4, -0.2) is 10.2 Å². The average molecular weight is 180 g/mol. The number of phenolic OH excluding ortho intramolecular Hbond substituents is 2. The zero-order valence-corrected chi connectivity index (χ0v) is 8.33. The Labute approximate surface area is 78.8 Å². The number of hydrogen-bond donors (Lipinski definition) is 2. The molecule has 0 bridgehead atoms. The Morgan fingerprint density at radius 2 is 1.77 bits per heavy atom. The van der Waals surface area contributed by atoms with E-state index in [0.717, 1.165) is 17.5 Å². The fourth-order valence-electron chi connectivity index (χ4n) is 1.39. The highest BCUT2D eigenvalue weighted by atomic mass is 16.3. The number of phenols is 2. The van der Waals surface area contributed by atoms with Gasteiger partial charge in [-0.1, -0.05) is 32.9 Å². The Balaban J connectivity index is 3.23. The number of benzene rings is 1. The van der Waals surface area contributed by atoms with Crippen molar-refractivity contribution in [2.24, 2.45) is 0 Å². The van der Waals surface area contributed by atoms with Crippen molar-refractivity contribution >= 4 is 0 Å². The second-order valence-electron chi connectivity index (χ2n) is 3.52. The predicted molar refractivity (Wildman–Crippen MR) is 53.2 cm³/mol. The molecule has 0 amide bonds. The van der Waals surface area contributed by atoms with Gasteiger partial charge in [0, 0.05) is 5.56 Å². The van der Waals surface area contributed by atoms with Crippen LogP contribution in [0.2, 0.25) is 0 Å². The topological polar surface area (TPSA) is 40.5 Å². The molecule has 0 aliphatic rings. The second kappa shape index (κ2) is 3.69. The molecule has 0 atom stereocenters. The highest BCUT2D eigenvalue weighted by molar-refractivity contribution is 5.51. The maximum atomic E-state index is 9.63. The molecule has 0 saturated carbocycles. The van der Waals surface area contributed by atoms with Crippen LogP contribution in [0.4, 0.5) is 0 Å². The van der Waals surface area contributed by atoms with Crippen molar-refractivity contribution in [3.63, 3.8) is 0 Å². The van der Waals surface area contributed by atoms with E-state index in [1.165, 1.54) is 0 Å². The molecule has 0 unspecified atom stereocenters. The van der Waals surface area contributed by atoms with Crippen molar-refractivity contribution in [1.29, 1.82) is 0 Å². The first-order chi connectivity index (χ1) is 6.07. The van der Waals surface area contributed by atoms with Crippen molar-refractivity contribution < 1.29 is 10.2 Å². The van der Waals surface area contributed by atoms with Gasteiger partial charge in [0.1, 0.15) is 0 Å². The number of aryl methyl sites for hydroxylation is 1. The quantitative estimate of drug-likeness (QED) is 0.687. The molecule has 0 aliphatic heterocycles. The first kappa shape index (κ1) is 9.90. The third-order valence-electron chi connectivity index (χ3n) is 2.27. The van der Waals surface area contributed by atoms with Crippen LogP contribution in [0.3, 0.4) is 0 Å². The SMILES string of the molecule is CCc1ccc(C(C)C)c(O)c1O. The van der Waals surface area contributed by atoms with Gasteiger partial charge in [0.25, 0.3) is 0 Å². The standard InChI is InChI=1S/C11H16O2/c1-4-8-5-6-9(7(2)3)11(13)10(8)12/h5-7,12-13H,4H2,1-3H3. The van der Waals surface area contributed by atoms with E-state index >= 15 is 0 Å². The molecule has 0 aromatic heterocycles. The molecule has 2 nitrogen and oxygen atoms in total. The number of aromatic hydroxyl groups is 2. The maximum absolute atomic E-state index is 9.63. The highest BCUT2D eigenvalue weighted by Crippen LogP contribution is 2.36. The maximum Gasteiger partial charge on any atom is 0.161 e. The summed E-state index contributed by atoms with van der Waals surface area (Å²) >= 11 is 0. The fraction of sp³-hybridized carbons (Fsp3) is 0.455. The van der Waals surface area contributed by atoms with Crippen LogP contribution in [0.15, 0.2) is 12.1 Å². The van der Waals surface area contributed by atoms with Gasteiger partial charge in [-0.05, 0) is 17.9 Å². The second-order valence-corrected chi connectivity index (χ2v) is 3.52. The summed E-state index contributed by atoms with van der Waals surface area (Å²) in [5.41, 5.74) is 1.59. The van der Waals surface area contributed by atoms with Crippen LogP contribution in [0.5, 0.6) is 11.5 Å². The lowest BCUT2D eigenvalue weighted by atomic mass is 9.98. The Hall–Kier alpha value is -1.18. The summed E-state index contributed by atoms with van der Waals surface area (Å²) in [5, 5.41) is 19.2. The normalized spacial score (nSPS) is 10.8. The van der Waals surface area contributed by atoms with Gasteiger partial charge in [-0.2, -0.15) is 0 Å². The van der Waals surface area contributed by atoms with Gasteiger partial charge >= 0.3 is 0 Å². The van der Waals surface area contributed by atoms with Crippen molar-refractivity contribution in [1.82, 2.24) is 0 Å². The van der Waals surface area contributed by atoms with Crippen LogP contribution >= 0.6 is 0 Å². The molecule has 0 aliphatic carbocycles. The molecule has 0 heterocycles. The summed E-state index contributed by atoms with van der Waals surface area (Å²) in [7, 11) is 0. The number of rotatable bonds is 2. The molecule has 1 aromatic carbocycles. The van der Waals surface area contributed by atoms with E-state index in [1.54, 1.807) is 0 Å². The van der Waals surface area contributed by atoms with Gasteiger partial charge in [0.2, 0.25) is 0 Å². The Morgan fingerprint density at radius 1 is 1.15 bits per heavy atom. The van der Waals surface area contributed by atoms with E-state index in [9.17, 15) is 10.2 Å². The Bertz CT molecular complexity index is 303. The molecular weight excluding hydrogens is 164 g/mol.